The number of hydrogen-bond acceptors (Lipinski definition) is 5. The molecule has 2 aromatic rings. The minimum Gasteiger partial charge on any atom is -0.497 e. The molecule has 0 saturated carbocycles. The van der Waals surface area contributed by atoms with Crippen LogP contribution in [0.15, 0.2) is 22.6 Å². The van der Waals surface area contributed by atoms with Gasteiger partial charge in [-0.15, -0.1) is 0 Å². The van der Waals surface area contributed by atoms with Crippen molar-refractivity contribution in [2.24, 2.45) is 0 Å². The number of aryl methyl sites for hydroxylation is 1. The molecule has 0 atom stereocenters. The quantitative estimate of drug-likeness (QED) is 0.829. The van der Waals surface area contributed by atoms with Gasteiger partial charge in [-0.2, -0.15) is 0 Å². The summed E-state index contributed by atoms with van der Waals surface area (Å²) >= 11 is 0. The summed E-state index contributed by atoms with van der Waals surface area (Å²) in [4.78, 5) is 23.6. The summed E-state index contributed by atoms with van der Waals surface area (Å²) in [6, 6.07) is 5.29. The SMILES string of the molecule is CCOC(=O)CCNC(=O)c1c(C)oc2ccc(OC)cc12. The van der Waals surface area contributed by atoms with Crippen LogP contribution in [0.2, 0.25) is 0 Å². The van der Waals surface area contributed by atoms with Gasteiger partial charge in [-0.3, -0.25) is 9.59 Å². The standard InChI is InChI=1S/C16H19NO5/c1-4-21-14(18)7-8-17-16(19)15-10(2)22-13-6-5-11(20-3)9-12(13)15/h5-6,9H,4,7-8H2,1-3H3,(H,17,19). The molecule has 0 spiro atoms. The van der Waals surface area contributed by atoms with E-state index in [1.54, 1.807) is 39.2 Å². The minimum atomic E-state index is -0.335. The summed E-state index contributed by atoms with van der Waals surface area (Å²) in [7, 11) is 1.56. The van der Waals surface area contributed by atoms with Gasteiger partial charge in [-0.05, 0) is 32.0 Å². The molecule has 2 rings (SSSR count). The summed E-state index contributed by atoms with van der Waals surface area (Å²) in [6.45, 7) is 4.02. The summed E-state index contributed by atoms with van der Waals surface area (Å²) in [5.41, 5.74) is 1.08. The van der Waals surface area contributed by atoms with Crippen LogP contribution in [0.3, 0.4) is 0 Å². The number of rotatable bonds is 6. The van der Waals surface area contributed by atoms with Crippen LogP contribution in [0.5, 0.6) is 5.75 Å². The molecule has 0 aliphatic carbocycles. The second-order valence-corrected chi connectivity index (χ2v) is 4.71. The highest BCUT2D eigenvalue weighted by Crippen LogP contribution is 2.28. The van der Waals surface area contributed by atoms with Crippen LogP contribution in [0.25, 0.3) is 11.0 Å². The fourth-order valence-corrected chi connectivity index (χ4v) is 2.21. The van der Waals surface area contributed by atoms with E-state index in [0.717, 1.165) is 0 Å². The van der Waals surface area contributed by atoms with Crippen LogP contribution in [-0.4, -0.2) is 32.1 Å². The third kappa shape index (κ3) is 3.39. The largest absolute Gasteiger partial charge is 0.497 e. The maximum Gasteiger partial charge on any atom is 0.307 e. The van der Waals surface area contributed by atoms with Crippen LogP contribution in [0, 0.1) is 6.92 Å². The summed E-state index contributed by atoms with van der Waals surface area (Å²) in [6.07, 6.45) is 0.137. The van der Waals surface area contributed by atoms with Gasteiger partial charge in [0.15, 0.2) is 0 Å². The van der Waals surface area contributed by atoms with Gasteiger partial charge in [0.2, 0.25) is 0 Å². The molecule has 1 aromatic heterocycles. The number of hydrogen-bond donors (Lipinski definition) is 1. The lowest BCUT2D eigenvalue weighted by Gasteiger charge is -2.05. The van der Waals surface area contributed by atoms with E-state index in [2.05, 4.69) is 5.32 Å². The number of carbonyl (C=O) groups is 2. The Morgan fingerprint density at radius 3 is 2.77 bits per heavy atom. The predicted molar refractivity (Wildman–Crippen MR) is 81.1 cm³/mol. The fraction of sp³-hybridized carbons (Fsp3) is 0.375. The Balaban J connectivity index is 2.13. The van der Waals surface area contributed by atoms with E-state index in [1.807, 2.05) is 0 Å². The molecule has 1 amide bonds. The van der Waals surface area contributed by atoms with Crippen LogP contribution >= 0.6 is 0 Å². The zero-order chi connectivity index (χ0) is 16.1. The first kappa shape index (κ1) is 15.9. The van der Waals surface area contributed by atoms with E-state index in [9.17, 15) is 9.59 Å². The first-order chi connectivity index (χ1) is 10.6. The lowest BCUT2D eigenvalue weighted by Crippen LogP contribution is -2.26. The molecule has 1 aromatic carbocycles. The lowest BCUT2D eigenvalue weighted by atomic mass is 10.1. The molecule has 22 heavy (non-hydrogen) atoms. The Labute approximate surface area is 128 Å². The number of ether oxygens (including phenoxy) is 2. The summed E-state index contributed by atoms with van der Waals surface area (Å²) in [5, 5.41) is 3.39. The van der Waals surface area contributed by atoms with E-state index in [4.69, 9.17) is 13.9 Å². The number of methoxy groups -OCH3 is 1. The highest BCUT2D eigenvalue weighted by atomic mass is 16.5. The Kier molecular flexibility index (Phi) is 5.04. The van der Waals surface area contributed by atoms with Gasteiger partial charge >= 0.3 is 5.97 Å². The number of esters is 1. The van der Waals surface area contributed by atoms with Crippen molar-refractivity contribution in [3.8, 4) is 5.75 Å². The van der Waals surface area contributed by atoms with Crippen molar-refractivity contribution in [3.63, 3.8) is 0 Å². The number of carbonyl (C=O) groups excluding carboxylic acids is 2. The van der Waals surface area contributed by atoms with Crippen LogP contribution in [0.1, 0.15) is 29.5 Å². The zero-order valence-corrected chi connectivity index (χ0v) is 12.9. The van der Waals surface area contributed by atoms with E-state index in [0.29, 0.717) is 34.6 Å². The van der Waals surface area contributed by atoms with Gasteiger partial charge in [0.25, 0.3) is 5.91 Å². The van der Waals surface area contributed by atoms with Gasteiger partial charge in [-0.25, -0.2) is 0 Å². The summed E-state index contributed by atoms with van der Waals surface area (Å²) < 4.78 is 15.6. The molecular weight excluding hydrogens is 286 g/mol. The highest BCUT2D eigenvalue weighted by molar-refractivity contribution is 6.07. The molecule has 1 heterocycles. The van der Waals surface area contributed by atoms with Gasteiger partial charge in [0.05, 0.1) is 25.7 Å². The maximum absolute atomic E-state index is 12.3. The van der Waals surface area contributed by atoms with Crippen LogP contribution < -0.4 is 10.1 Å². The lowest BCUT2D eigenvalue weighted by molar-refractivity contribution is -0.142. The van der Waals surface area contributed by atoms with Crippen molar-refractivity contribution in [2.75, 3.05) is 20.3 Å². The molecule has 0 unspecified atom stereocenters. The van der Waals surface area contributed by atoms with Gasteiger partial charge in [0.1, 0.15) is 17.1 Å². The molecule has 0 saturated heterocycles. The Morgan fingerprint density at radius 2 is 2.09 bits per heavy atom. The third-order valence-electron chi connectivity index (χ3n) is 3.22. The number of benzene rings is 1. The van der Waals surface area contributed by atoms with E-state index < -0.39 is 0 Å². The van der Waals surface area contributed by atoms with Gasteiger partial charge < -0.3 is 19.2 Å². The number of nitrogens with one attached hydrogen (secondary N) is 1. The zero-order valence-electron chi connectivity index (χ0n) is 12.9. The van der Waals surface area contributed by atoms with Gasteiger partial charge in [0, 0.05) is 11.9 Å². The molecule has 1 N–H and O–H groups in total. The van der Waals surface area contributed by atoms with Crippen molar-refractivity contribution in [3.05, 3.63) is 29.5 Å². The number of fused-ring (bicyclic) bond motifs is 1. The summed E-state index contributed by atoms with van der Waals surface area (Å²) in [5.74, 6) is 0.554. The smallest absolute Gasteiger partial charge is 0.307 e. The van der Waals surface area contributed by atoms with Crippen molar-refractivity contribution in [2.45, 2.75) is 20.3 Å². The minimum absolute atomic E-state index is 0.137. The average Bonchev–Trinajstić information content (AvgIpc) is 2.82. The van der Waals surface area contributed by atoms with Crippen LogP contribution in [0.4, 0.5) is 0 Å². The molecule has 0 fully saturated rings. The molecule has 0 bridgehead atoms. The normalized spacial score (nSPS) is 10.5. The van der Waals surface area contributed by atoms with Crippen molar-refractivity contribution < 1.29 is 23.5 Å². The first-order valence-electron chi connectivity index (χ1n) is 7.07. The molecule has 0 aliphatic heterocycles. The molecular formula is C16H19NO5. The Hall–Kier alpha value is -2.50. The van der Waals surface area contributed by atoms with Crippen molar-refractivity contribution in [1.82, 2.24) is 5.32 Å². The molecule has 6 nitrogen and oxygen atoms in total. The predicted octanol–water partition coefficient (Wildman–Crippen LogP) is 2.43. The first-order valence-corrected chi connectivity index (χ1v) is 7.07. The Bertz CT molecular complexity index is 689. The molecule has 6 heteroatoms. The van der Waals surface area contributed by atoms with E-state index in [-0.39, 0.29) is 24.8 Å². The second-order valence-electron chi connectivity index (χ2n) is 4.71. The van der Waals surface area contributed by atoms with E-state index >= 15 is 0 Å². The Morgan fingerprint density at radius 1 is 1.32 bits per heavy atom. The van der Waals surface area contributed by atoms with Gasteiger partial charge in [-0.1, -0.05) is 0 Å². The van der Waals surface area contributed by atoms with E-state index in [1.165, 1.54) is 0 Å². The maximum atomic E-state index is 12.3. The van der Waals surface area contributed by atoms with Crippen LogP contribution in [-0.2, 0) is 9.53 Å². The molecule has 0 radical (unpaired) electrons. The fourth-order valence-electron chi connectivity index (χ4n) is 2.21. The third-order valence-corrected chi connectivity index (χ3v) is 3.22. The number of furan rings is 1. The average molecular weight is 305 g/mol. The van der Waals surface area contributed by atoms with Crippen molar-refractivity contribution in [1.29, 1.82) is 0 Å². The highest BCUT2D eigenvalue weighted by Gasteiger charge is 2.18. The topological polar surface area (TPSA) is 77.8 Å². The van der Waals surface area contributed by atoms with Crippen molar-refractivity contribution >= 4 is 22.8 Å². The molecule has 0 aliphatic rings. The monoisotopic (exact) mass is 305 g/mol. The second kappa shape index (κ2) is 6.98. The molecule has 118 valence electrons. The number of amides is 1.